The summed E-state index contributed by atoms with van der Waals surface area (Å²) >= 11 is 0. The second kappa shape index (κ2) is 8.02. The normalized spacial score (nSPS) is 22.2. The third-order valence-electron chi connectivity index (χ3n) is 4.03. The monoisotopic (exact) mass is 275 g/mol. The van der Waals surface area contributed by atoms with E-state index in [0.29, 0.717) is 6.04 Å². The van der Waals surface area contributed by atoms with Crippen LogP contribution in [-0.2, 0) is 0 Å². The van der Waals surface area contributed by atoms with Gasteiger partial charge in [-0.15, -0.1) is 0 Å². The van der Waals surface area contributed by atoms with Crippen LogP contribution >= 0.6 is 0 Å². The van der Waals surface area contributed by atoms with Crippen molar-refractivity contribution >= 4 is 5.84 Å². The van der Waals surface area contributed by atoms with Crippen LogP contribution in [0.15, 0.2) is 35.3 Å². The van der Waals surface area contributed by atoms with Crippen molar-refractivity contribution in [3.8, 4) is 0 Å². The Hall–Kier alpha value is -1.39. The lowest BCUT2D eigenvalue weighted by atomic mass is 10.1. The van der Waals surface area contributed by atoms with Crippen LogP contribution in [0.5, 0.6) is 0 Å². The minimum absolute atomic E-state index is 0.311. The standard InChI is InChI=1S/C10H12N2.C6H13NO/c11-10-7-6-9(12-10)8-4-2-1-3-5-8;8-7-5-6-3-1-2-4-6/h1-5,9H,6-7H2,(H2,11,12);6-8H,1-5H2/t9-;/m0./s1. The quantitative estimate of drug-likeness (QED) is 0.743. The largest absolute Gasteiger partial charge is 0.387 e. The van der Waals surface area contributed by atoms with Gasteiger partial charge in [0.05, 0.1) is 11.9 Å². The number of hydrogen-bond donors (Lipinski definition) is 3. The minimum Gasteiger partial charge on any atom is -0.387 e. The van der Waals surface area contributed by atoms with Crippen molar-refractivity contribution in [2.75, 3.05) is 6.54 Å². The zero-order valence-corrected chi connectivity index (χ0v) is 12.0. The predicted molar refractivity (Wildman–Crippen MR) is 81.8 cm³/mol. The molecule has 0 saturated heterocycles. The maximum absolute atomic E-state index is 8.28. The lowest BCUT2D eigenvalue weighted by Crippen LogP contribution is -2.16. The van der Waals surface area contributed by atoms with Crippen molar-refractivity contribution < 1.29 is 5.21 Å². The molecule has 1 atom stereocenters. The summed E-state index contributed by atoms with van der Waals surface area (Å²) in [6.45, 7) is 0.792. The van der Waals surface area contributed by atoms with Gasteiger partial charge in [-0.05, 0) is 30.7 Å². The van der Waals surface area contributed by atoms with Gasteiger partial charge >= 0.3 is 0 Å². The SMILES string of the molecule is NC1=N[C@H](c2ccccc2)CC1.ONCC1CCCC1. The molecule has 3 rings (SSSR count). The van der Waals surface area contributed by atoms with Crippen LogP contribution in [0.25, 0.3) is 0 Å². The number of nitrogens with zero attached hydrogens (tertiary/aromatic N) is 1. The molecule has 0 unspecified atom stereocenters. The topological polar surface area (TPSA) is 70.6 Å². The molecule has 1 fully saturated rings. The number of aliphatic imine (C=N–C) groups is 1. The van der Waals surface area contributed by atoms with Crippen LogP contribution in [0.4, 0.5) is 0 Å². The fourth-order valence-electron chi connectivity index (χ4n) is 2.87. The molecule has 4 nitrogen and oxygen atoms in total. The van der Waals surface area contributed by atoms with Crippen LogP contribution in [0, 0.1) is 5.92 Å². The molecule has 4 N–H and O–H groups in total. The minimum atomic E-state index is 0.311. The van der Waals surface area contributed by atoms with E-state index in [1.165, 1.54) is 31.2 Å². The molecule has 4 heteroatoms. The fourth-order valence-corrected chi connectivity index (χ4v) is 2.87. The van der Waals surface area contributed by atoms with Gasteiger partial charge in [0.1, 0.15) is 0 Å². The summed E-state index contributed by atoms with van der Waals surface area (Å²) in [5, 5.41) is 8.28. The number of hydrogen-bond acceptors (Lipinski definition) is 4. The third kappa shape index (κ3) is 4.62. The molecule has 1 aliphatic heterocycles. The lowest BCUT2D eigenvalue weighted by molar-refractivity contribution is 0.149. The maximum Gasteiger partial charge on any atom is 0.0945 e. The summed E-state index contributed by atoms with van der Waals surface area (Å²) in [5.74, 6) is 1.55. The summed E-state index contributed by atoms with van der Waals surface area (Å²) in [4.78, 5) is 4.35. The Morgan fingerprint density at radius 3 is 2.40 bits per heavy atom. The molecule has 0 aromatic heterocycles. The molecule has 1 saturated carbocycles. The van der Waals surface area contributed by atoms with Gasteiger partial charge in [0.25, 0.3) is 0 Å². The first-order valence-corrected chi connectivity index (χ1v) is 7.53. The van der Waals surface area contributed by atoms with Crippen LogP contribution in [0.1, 0.15) is 50.1 Å². The van der Waals surface area contributed by atoms with Gasteiger partial charge in [0, 0.05) is 13.0 Å². The predicted octanol–water partition coefficient (Wildman–Crippen LogP) is 3.03. The molecule has 0 bridgehead atoms. The Morgan fingerprint density at radius 1 is 1.15 bits per heavy atom. The van der Waals surface area contributed by atoms with Gasteiger partial charge < -0.3 is 10.9 Å². The molecule has 0 amide bonds. The van der Waals surface area contributed by atoms with Gasteiger partial charge in [-0.25, -0.2) is 5.48 Å². The average Bonchev–Trinajstić information content (AvgIpc) is 3.13. The number of hydroxylamine groups is 1. The first-order valence-electron chi connectivity index (χ1n) is 7.53. The molecule has 2 aliphatic rings. The maximum atomic E-state index is 8.28. The highest BCUT2D eigenvalue weighted by Crippen LogP contribution is 2.27. The number of amidine groups is 1. The zero-order valence-electron chi connectivity index (χ0n) is 12.0. The fraction of sp³-hybridized carbons (Fsp3) is 0.562. The smallest absolute Gasteiger partial charge is 0.0945 e. The number of nitrogens with one attached hydrogen (secondary N) is 1. The highest BCUT2D eigenvalue weighted by Gasteiger charge is 2.16. The highest BCUT2D eigenvalue weighted by molar-refractivity contribution is 5.82. The molecular weight excluding hydrogens is 250 g/mol. The Bertz CT molecular complexity index is 413. The number of rotatable bonds is 3. The highest BCUT2D eigenvalue weighted by atomic mass is 16.5. The Kier molecular flexibility index (Phi) is 6.02. The van der Waals surface area contributed by atoms with Gasteiger partial charge in [-0.2, -0.15) is 0 Å². The van der Waals surface area contributed by atoms with E-state index in [4.69, 9.17) is 10.9 Å². The molecule has 0 spiro atoms. The van der Waals surface area contributed by atoms with Crippen LogP contribution in [0.3, 0.4) is 0 Å². The molecule has 20 heavy (non-hydrogen) atoms. The molecule has 0 radical (unpaired) electrons. The van der Waals surface area contributed by atoms with E-state index in [9.17, 15) is 0 Å². The Balaban J connectivity index is 0.000000160. The average molecular weight is 275 g/mol. The van der Waals surface area contributed by atoms with Crippen molar-refractivity contribution in [2.24, 2.45) is 16.6 Å². The van der Waals surface area contributed by atoms with Crippen LogP contribution < -0.4 is 11.2 Å². The second-order valence-corrected chi connectivity index (χ2v) is 5.60. The van der Waals surface area contributed by atoms with Crippen LogP contribution in [-0.4, -0.2) is 17.6 Å². The first-order chi connectivity index (χ1) is 9.79. The molecule has 1 aliphatic carbocycles. The first kappa shape index (κ1) is 15.0. The summed E-state index contributed by atoms with van der Waals surface area (Å²) in [6, 6.07) is 10.6. The molecule has 110 valence electrons. The second-order valence-electron chi connectivity index (χ2n) is 5.60. The van der Waals surface area contributed by atoms with E-state index in [1.54, 1.807) is 0 Å². The third-order valence-corrected chi connectivity index (χ3v) is 4.03. The van der Waals surface area contributed by atoms with E-state index in [-0.39, 0.29) is 0 Å². The van der Waals surface area contributed by atoms with Crippen molar-refractivity contribution in [3.05, 3.63) is 35.9 Å². The van der Waals surface area contributed by atoms with Gasteiger partial charge in [0.15, 0.2) is 0 Å². The lowest BCUT2D eigenvalue weighted by Gasteiger charge is -2.04. The van der Waals surface area contributed by atoms with E-state index < -0.39 is 0 Å². The molecular formula is C16H25N3O. The summed E-state index contributed by atoms with van der Waals surface area (Å²) in [6.07, 6.45) is 7.31. The molecule has 1 aromatic carbocycles. The van der Waals surface area contributed by atoms with E-state index in [2.05, 4.69) is 22.6 Å². The zero-order chi connectivity index (χ0) is 14.2. The summed E-state index contributed by atoms with van der Waals surface area (Å²) < 4.78 is 0. The van der Waals surface area contributed by atoms with Crippen molar-refractivity contribution in [2.45, 2.75) is 44.6 Å². The number of nitrogens with two attached hydrogens (primary N) is 1. The van der Waals surface area contributed by atoms with Gasteiger partial charge in [0.2, 0.25) is 0 Å². The van der Waals surface area contributed by atoms with Crippen molar-refractivity contribution in [3.63, 3.8) is 0 Å². The van der Waals surface area contributed by atoms with Gasteiger partial charge in [-0.3, -0.25) is 4.99 Å². The summed E-state index contributed by atoms with van der Waals surface area (Å²) in [7, 11) is 0. The summed E-state index contributed by atoms with van der Waals surface area (Å²) in [5.41, 5.74) is 9.10. The van der Waals surface area contributed by atoms with Crippen molar-refractivity contribution in [1.82, 2.24) is 5.48 Å². The molecule has 1 aromatic rings. The van der Waals surface area contributed by atoms with E-state index >= 15 is 0 Å². The van der Waals surface area contributed by atoms with Crippen LogP contribution in [0.2, 0.25) is 0 Å². The van der Waals surface area contributed by atoms with Crippen molar-refractivity contribution in [1.29, 1.82) is 0 Å². The Morgan fingerprint density at radius 2 is 1.85 bits per heavy atom. The van der Waals surface area contributed by atoms with E-state index in [0.717, 1.165) is 31.1 Å². The van der Waals surface area contributed by atoms with E-state index in [1.807, 2.05) is 18.2 Å². The Labute approximate surface area is 121 Å². The van der Waals surface area contributed by atoms with Gasteiger partial charge in [-0.1, -0.05) is 43.2 Å². The molecule has 1 heterocycles. The number of benzene rings is 1.